The van der Waals surface area contributed by atoms with Crippen LogP contribution in [0.25, 0.3) is 0 Å². The first-order valence-corrected chi connectivity index (χ1v) is 13.8. The molecule has 45 heavy (non-hydrogen) atoms. The number of carbonyl (C=O) groups excluding carboxylic acids is 3. The summed E-state index contributed by atoms with van der Waals surface area (Å²) in [6, 6.07) is 9.88. The van der Waals surface area contributed by atoms with Crippen LogP contribution in [0.4, 0.5) is 48.6 Å². The molecule has 2 aromatic rings. The molecule has 0 aliphatic carbocycles. The Morgan fingerprint density at radius 1 is 1.13 bits per heavy atom. The largest absolute Gasteiger partial charge is 0.423 e. The van der Waals surface area contributed by atoms with Gasteiger partial charge in [0, 0.05) is 55.7 Å². The van der Waals surface area contributed by atoms with Crippen molar-refractivity contribution >= 4 is 35.0 Å². The summed E-state index contributed by atoms with van der Waals surface area (Å²) in [6.07, 6.45) is -2.73. The predicted octanol–water partition coefficient (Wildman–Crippen LogP) is 7.21. The summed E-state index contributed by atoms with van der Waals surface area (Å²) in [5.41, 5.74) is 1.22. The van der Waals surface area contributed by atoms with E-state index < -0.39 is 47.3 Å². The lowest BCUT2D eigenvalue weighted by atomic mass is 9.95. The van der Waals surface area contributed by atoms with E-state index in [0.717, 1.165) is 11.0 Å². The van der Waals surface area contributed by atoms with Crippen LogP contribution in [0.5, 0.6) is 0 Å². The van der Waals surface area contributed by atoms with Crippen molar-refractivity contribution in [2.24, 2.45) is 5.41 Å². The maximum atomic E-state index is 14.3. The van der Waals surface area contributed by atoms with Crippen molar-refractivity contribution in [3.05, 3.63) is 95.8 Å². The molecule has 1 aliphatic heterocycles. The molecule has 1 saturated heterocycles. The summed E-state index contributed by atoms with van der Waals surface area (Å²) >= 11 is 0. The summed E-state index contributed by atoms with van der Waals surface area (Å²) in [6.45, 7) is 8.28. The Bertz CT molecular complexity index is 1540. The van der Waals surface area contributed by atoms with Crippen LogP contribution in [0.2, 0.25) is 0 Å². The molecule has 2 aromatic carbocycles. The molecule has 1 heterocycles. The average Bonchev–Trinajstić information content (AvgIpc) is 3.39. The molecule has 0 saturated carbocycles. The van der Waals surface area contributed by atoms with Gasteiger partial charge < -0.3 is 15.5 Å². The van der Waals surface area contributed by atoms with E-state index in [-0.39, 0.29) is 12.6 Å². The van der Waals surface area contributed by atoms with E-state index in [2.05, 4.69) is 17.2 Å². The average molecular weight is 632 g/mol. The molecule has 8 nitrogen and oxygen atoms in total. The molecule has 1 aliphatic rings. The number of anilines is 3. The van der Waals surface area contributed by atoms with Gasteiger partial charge in [-0.3, -0.25) is 14.6 Å². The standard InChI is InChI=1S/C32H34F5N5O3/c1-6-22(32(35,36)37)18-23(33)8-7-16-42(28(43)31(2,3)4)30(45)40(5)20-21-9-10-24(34)19-27(21)39-25-11-13-26(14-12-25)41-17-15-38-29(41)44/h6-14,19,39H,1,15-17,20H2,2-5H3,(H,38,44)/b8-7-. The summed E-state index contributed by atoms with van der Waals surface area (Å²) in [5, 5.41) is 5.83. The minimum Gasteiger partial charge on any atom is -0.355 e. The van der Waals surface area contributed by atoms with Gasteiger partial charge in [0.2, 0.25) is 5.91 Å². The monoisotopic (exact) mass is 631 g/mol. The molecule has 240 valence electrons. The number of hydrogen-bond acceptors (Lipinski definition) is 4. The Hall–Kier alpha value is -4.90. The second kappa shape index (κ2) is 14.3. The van der Waals surface area contributed by atoms with E-state index in [1.54, 1.807) is 55.7 Å². The molecule has 13 heteroatoms. The van der Waals surface area contributed by atoms with Crippen LogP contribution >= 0.6 is 0 Å². The number of amides is 5. The molecular weight excluding hydrogens is 597 g/mol. The van der Waals surface area contributed by atoms with Crippen LogP contribution in [0, 0.1) is 11.2 Å². The van der Waals surface area contributed by atoms with Crippen LogP contribution in [0.1, 0.15) is 26.3 Å². The highest BCUT2D eigenvalue weighted by Crippen LogP contribution is 2.28. The number of rotatable bonds is 9. The summed E-state index contributed by atoms with van der Waals surface area (Å²) in [7, 11) is 1.42. The molecule has 0 bridgehead atoms. The Kier molecular flexibility index (Phi) is 11.0. The van der Waals surface area contributed by atoms with E-state index >= 15 is 0 Å². The lowest BCUT2D eigenvalue weighted by Gasteiger charge is -2.31. The third kappa shape index (κ3) is 9.29. The normalized spacial score (nSPS) is 13.3. The quantitative estimate of drug-likeness (QED) is 0.174. The fraction of sp³-hybridized carbons (Fsp3) is 0.312. The van der Waals surface area contributed by atoms with E-state index in [0.29, 0.717) is 47.9 Å². The van der Waals surface area contributed by atoms with Crippen molar-refractivity contribution in [2.45, 2.75) is 33.5 Å². The number of hydrogen-bond donors (Lipinski definition) is 2. The number of halogens is 5. The number of alkyl halides is 3. The number of allylic oxidation sites excluding steroid dienone is 3. The number of carbonyl (C=O) groups is 3. The van der Waals surface area contributed by atoms with E-state index in [4.69, 9.17) is 0 Å². The van der Waals surface area contributed by atoms with Crippen LogP contribution in [-0.4, -0.2) is 60.6 Å². The number of nitrogens with zero attached hydrogens (tertiary/aromatic N) is 3. The minimum absolute atomic E-state index is 0.0730. The molecule has 0 radical (unpaired) electrons. The molecule has 0 unspecified atom stereocenters. The Morgan fingerprint density at radius 2 is 1.80 bits per heavy atom. The Balaban J connectivity index is 1.81. The Labute approximate surface area is 258 Å². The summed E-state index contributed by atoms with van der Waals surface area (Å²) in [5.74, 6) is -2.52. The van der Waals surface area contributed by atoms with Gasteiger partial charge in [0.1, 0.15) is 5.82 Å². The molecule has 2 N–H and O–H groups in total. The van der Waals surface area contributed by atoms with E-state index in [1.165, 1.54) is 30.1 Å². The fourth-order valence-corrected chi connectivity index (χ4v) is 4.25. The van der Waals surface area contributed by atoms with Gasteiger partial charge in [-0.2, -0.15) is 17.6 Å². The van der Waals surface area contributed by atoms with Crippen molar-refractivity contribution < 1.29 is 36.3 Å². The van der Waals surface area contributed by atoms with Gasteiger partial charge in [-0.15, -0.1) is 0 Å². The van der Waals surface area contributed by atoms with Gasteiger partial charge in [-0.1, -0.05) is 45.2 Å². The van der Waals surface area contributed by atoms with Gasteiger partial charge in [0.25, 0.3) is 0 Å². The SMILES string of the molecule is C=CC(=C=C(F)/C=C\CN(C(=O)N(C)Cc1ccc(F)cc1Nc1ccc(N2CCNC2=O)cc1)C(=O)C(C)(C)C)C(F)(F)F. The minimum atomic E-state index is -4.86. The highest BCUT2D eigenvalue weighted by atomic mass is 19.4. The predicted molar refractivity (Wildman–Crippen MR) is 162 cm³/mol. The number of benzene rings is 2. The van der Waals surface area contributed by atoms with Crippen LogP contribution in [-0.2, 0) is 11.3 Å². The highest BCUT2D eigenvalue weighted by Gasteiger charge is 2.33. The van der Waals surface area contributed by atoms with Gasteiger partial charge in [0.05, 0.1) is 5.57 Å². The zero-order chi connectivity index (χ0) is 33.5. The third-order valence-electron chi connectivity index (χ3n) is 6.55. The van der Waals surface area contributed by atoms with Crippen molar-refractivity contribution in [3.8, 4) is 0 Å². The van der Waals surface area contributed by atoms with E-state index in [1.807, 2.05) is 0 Å². The summed E-state index contributed by atoms with van der Waals surface area (Å²) in [4.78, 5) is 42.2. The maximum absolute atomic E-state index is 14.3. The smallest absolute Gasteiger partial charge is 0.355 e. The molecule has 1 fully saturated rings. The van der Waals surface area contributed by atoms with Gasteiger partial charge in [-0.25, -0.2) is 14.0 Å². The lowest BCUT2D eigenvalue weighted by Crippen LogP contribution is -2.48. The second-order valence-electron chi connectivity index (χ2n) is 11.2. The van der Waals surface area contributed by atoms with Crippen molar-refractivity contribution in [2.75, 3.05) is 36.9 Å². The first-order valence-electron chi connectivity index (χ1n) is 13.8. The van der Waals surface area contributed by atoms with Gasteiger partial charge in [0.15, 0.2) is 5.83 Å². The van der Waals surface area contributed by atoms with Crippen molar-refractivity contribution in [1.82, 2.24) is 15.1 Å². The highest BCUT2D eigenvalue weighted by molar-refractivity contribution is 5.97. The number of urea groups is 2. The fourth-order valence-electron chi connectivity index (χ4n) is 4.25. The molecule has 0 spiro atoms. The second-order valence-corrected chi connectivity index (χ2v) is 11.2. The number of nitrogens with one attached hydrogen (secondary N) is 2. The zero-order valence-electron chi connectivity index (χ0n) is 25.3. The third-order valence-corrected chi connectivity index (χ3v) is 6.55. The van der Waals surface area contributed by atoms with Gasteiger partial charge in [-0.05, 0) is 54.1 Å². The maximum Gasteiger partial charge on any atom is 0.423 e. The summed E-state index contributed by atoms with van der Waals surface area (Å²) < 4.78 is 67.1. The molecule has 5 amide bonds. The van der Waals surface area contributed by atoms with Crippen molar-refractivity contribution in [3.63, 3.8) is 0 Å². The molecular formula is C32H34F5N5O3. The molecule has 3 rings (SSSR count). The van der Waals surface area contributed by atoms with Crippen LogP contribution in [0.3, 0.4) is 0 Å². The molecule has 0 atom stereocenters. The van der Waals surface area contributed by atoms with Crippen LogP contribution in [0.15, 0.2) is 84.4 Å². The first-order chi connectivity index (χ1) is 21.0. The van der Waals surface area contributed by atoms with E-state index in [9.17, 15) is 36.3 Å². The van der Waals surface area contributed by atoms with Crippen molar-refractivity contribution in [1.29, 1.82) is 0 Å². The zero-order valence-corrected chi connectivity index (χ0v) is 25.3. The number of imide groups is 1. The topological polar surface area (TPSA) is 85.0 Å². The van der Waals surface area contributed by atoms with Gasteiger partial charge >= 0.3 is 18.2 Å². The Morgan fingerprint density at radius 3 is 2.36 bits per heavy atom. The van der Waals surface area contributed by atoms with Crippen LogP contribution < -0.4 is 15.5 Å². The molecule has 0 aromatic heterocycles. The first kappa shape index (κ1) is 34.6. The lowest BCUT2D eigenvalue weighted by molar-refractivity contribution is -0.136.